The lowest BCUT2D eigenvalue weighted by atomic mass is 9.81. The van der Waals surface area contributed by atoms with Crippen LogP contribution in [0.5, 0.6) is 0 Å². The molecule has 1 fully saturated rings. The molecular weight excluding hydrogens is 396 g/mol. The minimum absolute atomic E-state index is 0.0774. The van der Waals surface area contributed by atoms with E-state index in [0.29, 0.717) is 5.56 Å². The molecular formula is C26H19F2NS. The Labute approximate surface area is 180 Å². The van der Waals surface area contributed by atoms with Gasteiger partial charge in [0.1, 0.15) is 11.6 Å². The summed E-state index contributed by atoms with van der Waals surface area (Å²) in [5.74, 6) is 4.70. The first-order valence-electron chi connectivity index (χ1n) is 9.91. The van der Waals surface area contributed by atoms with Crippen molar-refractivity contribution in [2.45, 2.75) is 25.7 Å². The number of nitrogens with zero attached hydrogens (tertiary/aromatic N) is 1. The molecule has 4 heteroatoms. The van der Waals surface area contributed by atoms with E-state index in [2.05, 4.69) is 58.5 Å². The van der Waals surface area contributed by atoms with Gasteiger partial charge in [-0.15, -0.1) is 0 Å². The lowest BCUT2D eigenvalue weighted by molar-refractivity contribution is 0.314. The molecule has 0 saturated heterocycles. The Morgan fingerprint density at radius 1 is 0.867 bits per heavy atom. The molecule has 1 aliphatic carbocycles. The maximum absolute atomic E-state index is 14.1. The monoisotopic (exact) mass is 415 g/mol. The van der Waals surface area contributed by atoms with E-state index in [-0.39, 0.29) is 11.3 Å². The average molecular weight is 416 g/mol. The van der Waals surface area contributed by atoms with Crippen LogP contribution in [-0.2, 0) is 6.42 Å². The molecule has 1 aliphatic rings. The van der Waals surface area contributed by atoms with Gasteiger partial charge in [-0.1, -0.05) is 67.5 Å². The Hall–Kier alpha value is -3.12. The number of halogens is 2. The van der Waals surface area contributed by atoms with Crippen LogP contribution < -0.4 is 0 Å². The maximum atomic E-state index is 14.1. The zero-order valence-electron chi connectivity index (χ0n) is 16.3. The summed E-state index contributed by atoms with van der Waals surface area (Å²) < 4.78 is 28.2. The highest BCUT2D eigenvalue weighted by Crippen LogP contribution is 2.30. The Kier molecular flexibility index (Phi) is 6.14. The van der Waals surface area contributed by atoms with E-state index in [0.717, 1.165) is 29.2 Å². The highest BCUT2D eigenvalue weighted by molar-refractivity contribution is 7.78. The van der Waals surface area contributed by atoms with Gasteiger partial charge in [0.15, 0.2) is 0 Å². The summed E-state index contributed by atoms with van der Waals surface area (Å²) in [7, 11) is 0. The van der Waals surface area contributed by atoms with Crippen LogP contribution in [0.1, 0.15) is 36.0 Å². The predicted molar refractivity (Wildman–Crippen MR) is 120 cm³/mol. The first-order valence-corrected chi connectivity index (χ1v) is 10.3. The quantitative estimate of drug-likeness (QED) is 0.251. The van der Waals surface area contributed by atoms with Crippen LogP contribution in [0, 0.1) is 29.4 Å². The fourth-order valence-corrected chi connectivity index (χ4v) is 3.65. The zero-order chi connectivity index (χ0) is 20.9. The molecule has 1 nitrogen and oxygen atoms in total. The summed E-state index contributed by atoms with van der Waals surface area (Å²) in [6.07, 6.45) is 5.23. The van der Waals surface area contributed by atoms with Crippen LogP contribution in [0.3, 0.4) is 0 Å². The van der Waals surface area contributed by atoms with Gasteiger partial charge < -0.3 is 0 Å². The third-order valence-electron chi connectivity index (χ3n) is 5.45. The minimum Gasteiger partial charge on any atom is -0.205 e. The van der Waals surface area contributed by atoms with E-state index in [1.807, 2.05) is 24.3 Å². The third-order valence-corrected chi connectivity index (χ3v) is 5.55. The molecule has 4 rings (SSSR count). The molecule has 3 aromatic rings. The minimum atomic E-state index is -0.773. The van der Waals surface area contributed by atoms with E-state index < -0.39 is 11.6 Å². The maximum Gasteiger partial charge on any atom is 0.143 e. The zero-order valence-corrected chi connectivity index (χ0v) is 17.1. The number of hydrogen-bond acceptors (Lipinski definition) is 2. The fraction of sp³-hybridized carbons (Fsp3) is 0.192. The van der Waals surface area contributed by atoms with Crippen molar-refractivity contribution < 1.29 is 8.78 Å². The van der Waals surface area contributed by atoms with Crippen LogP contribution in [0.25, 0.3) is 11.1 Å². The molecule has 0 spiro atoms. The first-order chi connectivity index (χ1) is 14.6. The smallest absolute Gasteiger partial charge is 0.143 e. The molecule has 0 amide bonds. The summed E-state index contributed by atoms with van der Waals surface area (Å²) in [5, 5.41) is 2.09. The second kappa shape index (κ2) is 9.13. The van der Waals surface area contributed by atoms with Crippen molar-refractivity contribution in [3.05, 3.63) is 89.0 Å². The van der Waals surface area contributed by atoms with Crippen molar-refractivity contribution in [2.75, 3.05) is 0 Å². The third kappa shape index (κ3) is 4.71. The van der Waals surface area contributed by atoms with Crippen LogP contribution in [0.15, 0.2) is 65.7 Å². The van der Waals surface area contributed by atoms with Crippen molar-refractivity contribution >= 4 is 23.1 Å². The molecule has 0 bridgehead atoms. The van der Waals surface area contributed by atoms with Gasteiger partial charge in [0, 0.05) is 17.7 Å². The van der Waals surface area contributed by atoms with Crippen LogP contribution in [0.2, 0.25) is 0 Å². The van der Waals surface area contributed by atoms with Crippen molar-refractivity contribution in [1.82, 2.24) is 0 Å². The van der Waals surface area contributed by atoms with Crippen LogP contribution in [-0.4, -0.2) is 5.16 Å². The molecule has 0 unspecified atom stereocenters. The average Bonchev–Trinajstić information content (AvgIpc) is 2.71. The van der Waals surface area contributed by atoms with E-state index in [1.165, 1.54) is 31.2 Å². The highest BCUT2D eigenvalue weighted by atomic mass is 32.1. The van der Waals surface area contributed by atoms with Crippen molar-refractivity contribution in [1.29, 1.82) is 0 Å². The summed E-state index contributed by atoms with van der Waals surface area (Å²) in [6, 6.07) is 18.5. The second-order valence-electron chi connectivity index (χ2n) is 7.51. The Balaban J connectivity index is 1.49. The summed E-state index contributed by atoms with van der Waals surface area (Å²) in [6.45, 7) is 0. The summed E-state index contributed by atoms with van der Waals surface area (Å²) >= 11 is 4.45. The number of benzene rings is 3. The van der Waals surface area contributed by atoms with E-state index in [1.54, 1.807) is 0 Å². The molecule has 0 atom stereocenters. The number of thiocarbonyl (C=S) groups is 1. The molecule has 1 saturated carbocycles. The van der Waals surface area contributed by atoms with Gasteiger partial charge in [-0.3, -0.25) is 0 Å². The summed E-state index contributed by atoms with van der Waals surface area (Å²) in [4.78, 5) is 3.59. The molecule has 148 valence electrons. The van der Waals surface area contributed by atoms with Gasteiger partial charge in [0.25, 0.3) is 0 Å². The molecule has 0 N–H and O–H groups in total. The van der Waals surface area contributed by atoms with E-state index >= 15 is 0 Å². The van der Waals surface area contributed by atoms with E-state index in [4.69, 9.17) is 0 Å². The fourth-order valence-electron chi connectivity index (χ4n) is 3.54. The first kappa shape index (κ1) is 20.2. The van der Waals surface area contributed by atoms with Crippen LogP contribution >= 0.6 is 12.2 Å². The normalized spacial score (nSPS) is 13.0. The largest absolute Gasteiger partial charge is 0.205 e. The Morgan fingerprint density at radius 2 is 1.47 bits per heavy atom. The summed E-state index contributed by atoms with van der Waals surface area (Å²) in [5.41, 5.74) is 4.07. The molecule has 0 aliphatic heterocycles. The molecule has 0 aromatic heterocycles. The molecule has 3 aromatic carbocycles. The number of rotatable bonds is 4. The molecule has 0 radical (unpaired) electrons. The predicted octanol–water partition coefficient (Wildman–Crippen LogP) is 7.11. The van der Waals surface area contributed by atoms with Crippen molar-refractivity contribution in [2.24, 2.45) is 10.9 Å². The van der Waals surface area contributed by atoms with Gasteiger partial charge >= 0.3 is 0 Å². The SMILES string of the molecule is Fc1cc(N=C=S)cc(F)c1C#Cc1ccc(-c2ccc(CC3CCC3)cc2)cc1. The van der Waals surface area contributed by atoms with Gasteiger partial charge in [-0.2, -0.15) is 4.99 Å². The van der Waals surface area contributed by atoms with Crippen molar-refractivity contribution in [3.63, 3.8) is 0 Å². The standard InChI is InChI=1S/C26H19F2NS/c27-25-15-23(29-17-30)16-26(28)24(25)13-8-18-4-9-21(10-5-18)22-11-6-20(7-12-22)14-19-2-1-3-19/h4-7,9-12,15-16,19H,1-3,14H2. The number of aliphatic imine (C=N–C) groups is 1. The Morgan fingerprint density at radius 3 is 2.00 bits per heavy atom. The van der Waals surface area contributed by atoms with Crippen LogP contribution in [0.4, 0.5) is 14.5 Å². The lowest BCUT2D eigenvalue weighted by Gasteiger charge is -2.25. The van der Waals surface area contributed by atoms with Gasteiger partial charge in [-0.25, -0.2) is 8.78 Å². The van der Waals surface area contributed by atoms with Gasteiger partial charge in [0.2, 0.25) is 0 Å². The second-order valence-corrected chi connectivity index (χ2v) is 7.70. The molecule has 0 heterocycles. The highest BCUT2D eigenvalue weighted by Gasteiger charge is 2.17. The Bertz CT molecular complexity index is 1140. The van der Waals surface area contributed by atoms with Gasteiger partial charge in [0.05, 0.1) is 16.4 Å². The van der Waals surface area contributed by atoms with E-state index in [9.17, 15) is 8.78 Å². The van der Waals surface area contributed by atoms with Crippen molar-refractivity contribution in [3.8, 4) is 23.0 Å². The number of hydrogen-bond donors (Lipinski definition) is 0. The molecule has 30 heavy (non-hydrogen) atoms. The number of isothiocyanates is 1. The van der Waals surface area contributed by atoms with Gasteiger partial charge in [-0.05, 0) is 53.4 Å². The topological polar surface area (TPSA) is 12.4 Å². The lowest BCUT2D eigenvalue weighted by Crippen LogP contribution is -2.13.